The molecule has 4 nitrogen and oxygen atoms in total. The summed E-state index contributed by atoms with van der Waals surface area (Å²) in [6.45, 7) is 0.444. The van der Waals surface area contributed by atoms with Gasteiger partial charge in [0.1, 0.15) is 0 Å². The van der Waals surface area contributed by atoms with E-state index in [0.717, 1.165) is 18.9 Å². The molecular formula is C15H17F2NO3. The van der Waals surface area contributed by atoms with Gasteiger partial charge in [0.05, 0.1) is 5.56 Å². The van der Waals surface area contributed by atoms with Crippen LogP contribution in [0.1, 0.15) is 42.5 Å². The minimum absolute atomic E-state index is 0.0416. The fraction of sp³-hybridized carbons (Fsp3) is 0.467. The first kappa shape index (κ1) is 15.4. The SMILES string of the molecule is O=C(O)CC[C@@H]1CCCCN1C(=O)c1cccc(F)c1F. The fourth-order valence-electron chi connectivity index (χ4n) is 2.68. The number of halogens is 2. The van der Waals surface area contributed by atoms with Crippen molar-refractivity contribution in [3.8, 4) is 0 Å². The van der Waals surface area contributed by atoms with Gasteiger partial charge in [-0.3, -0.25) is 9.59 Å². The van der Waals surface area contributed by atoms with E-state index in [2.05, 4.69) is 0 Å². The van der Waals surface area contributed by atoms with Crippen molar-refractivity contribution in [1.82, 2.24) is 4.90 Å². The lowest BCUT2D eigenvalue weighted by Crippen LogP contribution is -2.44. The minimum Gasteiger partial charge on any atom is -0.481 e. The molecule has 1 atom stereocenters. The van der Waals surface area contributed by atoms with Gasteiger partial charge in [0.25, 0.3) is 5.91 Å². The molecule has 0 aromatic heterocycles. The number of hydrogen-bond acceptors (Lipinski definition) is 2. The van der Waals surface area contributed by atoms with Crippen LogP contribution in [0.5, 0.6) is 0 Å². The van der Waals surface area contributed by atoms with Crippen molar-refractivity contribution in [2.45, 2.75) is 38.1 Å². The Balaban J connectivity index is 2.18. The van der Waals surface area contributed by atoms with Crippen LogP contribution in [-0.2, 0) is 4.79 Å². The third-order valence-electron chi connectivity index (χ3n) is 3.76. The smallest absolute Gasteiger partial charge is 0.303 e. The highest BCUT2D eigenvalue weighted by molar-refractivity contribution is 5.94. The lowest BCUT2D eigenvalue weighted by Gasteiger charge is -2.35. The number of hydrogen-bond donors (Lipinski definition) is 1. The third kappa shape index (κ3) is 3.56. The Morgan fingerprint density at radius 2 is 2.05 bits per heavy atom. The summed E-state index contributed by atoms with van der Waals surface area (Å²) in [6.07, 6.45) is 2.67. The van der Waals surface area contributed by atoms with Gasteiger partial charge in [0, 0.05) is 19.0 Å². The van der Waals surface area contributed by atoms with Crippen molar-refractivity contribution in [3.05, 3.63) is 35.4 Å². The van der Waals surface area contributed by atoms with Crippen LogP contribution >= 0.6 is 0 Å². The number of benzene rings is 1. The highest BCUT2D eigenvalue weighted by atomic mass is 19.2. The second-order valence-electron chi connectivity index (χ2n) is 5.18. The average Bonchev–Trinajstić information content (AvgIpc) is 2.47. The number of nitrogens with zero attached hydrogens (tertiary/aromatic N) is 1. The maximum atomic E-state index is 13.7. The van der Waals surface area contributed by atoms with Crippen LogP contribution in [0, 0.1) is 11.6 Å². The van der Waals surface area contributed by atoms with Gasteiger partial charge in [-0.15, -0.1) is 0 Å². The van der Waals surface area contributed by atoms with Gasteiger partial charge in [-0.1, -0.05) is 6.07 Å². The molecule has 0 unspecified atom stereocenters. The van der Waals surface area contributed by atoms with Crippen molar-refractivity contribution >= 4 is 11.9 Å². The van der Waals surface area contributed by atoms with Crippen LogP contribution in [0.2, 0.25) is 0 Å². The van der Waals surface area contributed by atoms with Crippen LogP contribution in [-0.4, -0.2) is 34.5 Å². The third-order valence-corrected chi connectivity index (χ3v) is 3.76. The predicted molar refractivity (Wildman–Crippen MR) is 71.9 cm³/mol. The molecular weight excluding hydrogens is 280 g/mol. The molecule has 114 valence electrons. The molecule has 1 aliphatic rings. The second-order valence-corrected chi connectivity index (χ2v) is 5.18. The summed E-state index contributed by atoms with van der Waals surface area (Å²) in [4.78, 5) is 24.6. The zero-order valence-corrected chi connectivity index (χ0v) is 11.5. The van der Waals surface area contributed by atoms with Gasteiger partial charge in [0.2, 0.25) is 0 Å². The Labute approximate surface area is 121 Å². The number of carbonyl (C=O) groups excluding carboxylic acids is 1. The molecule has 0 spiro atoms. The number of amides is 1. The average molecular weight is 297 g/mol. The van der Waals surface area contributed by atoms with Crippen molar-refractivity contribution < 1.29 is 23.5 Å². The predicted octanol–water partition coefficient (Wildman–Crippen LogP) is 2.82. The van der Waals surface area contributed by atoms with Crippen LogP contribution in [0.25, 0.3) is 0 Å². The number of carboxylic acids is 1. The van der Waals surface area contributed by atoms with E-state index < -0.39 is 23.5 Å². The number of piperidine rings is 1. The van der Waals surface area contributed by atoms with E-state index in [1.165, 1.54) is 17.0 Å². The number of rotatable bonds is 4. The fourth-order valence-corrected chi connectivity index (χ4v) is 2.68. The van der Waals surface area contributed by atoms with E-state index in [0.29, 0.717) is 19.4 Å². The molecule has 6 heteroatoms. The molecule has 2 rings (SSSR count). The molecule has 21 heavy (non-hydrogen) atoms. The van der Waals surface area contributed by atoms with Crippen LogP contribution < -0.4 is 0 Å². The van der Waals surface area contributed by atoms with Gasteiger partial charge < -0.3 is 10.0 Å². The van der Waals surface area contributed by atoms with Crippen molar-refractivity contribution in [2.24, 2.45) is 0 Å². The topological polar surface area (TPSA) is 57.6 Å². The van der Waals surface area contributed by atoms with Gasteiger partial charge >= 0.3 is 5.97 Å². The lowest BCUT2D eigenvalue weighted by molar-refractivity contribution is -0.137. The Morgan fingerprint density at radius 3 is 2.76 bits per heavy atom. The summed E-state index contributed by atoms with van der Waals surface area (Å²) in [5.74, 6) is -3.70. The van der Waals surface area contributed by atoms with E-state index in [1.807, 2.05) is 0 Å². The first-order chi connectivity index (χ1) is 10.0. The molecule has 0 radical (unpaired) electrons. The van der Waals surface area contributed by atoms with Gasteiger partial charge in [-0.25, -0.2) is 8.78 Å². The van der Waals surface area contributed by atoms with E-state index >= 15 is 0 Å². The van der Waals surface area contributed by atoms with Gasteiger partial charge in [-0.2, -0.15) is 0 Å². The highest BCUT2D eigenvalue weighted by Crippen LogP contribution is 2.24. The second kappa shape index (κ2) is 6.65. The summed E-state index contributed by atoms with van der Waals surface area (Å²) >= 11 is 0. The Kier molecular flexibility index (Phi) is 4.88. The van der Waals surface area contributed by atoms with Crippen molar-refractivity contribution in [2.75, 3.05) is 6.54 Å². The Hall–Kier alpha value is -1.98. The monoisotopic (exact) mass is 297 g/mol. The number of carboxylic acid groups (broad SMARTS) is 1. The molecule has 0 saturated carbocycles. The van der Waals surface area contributed by atoms with E-state index in [1.54, 1.807) is 0 Å². The molecule has 1 fully saturated rings. The van der Waals surface area contributed by atoms with Gasteiger partial charge in [-0.05, 0) is 37.8 Å². The van der Waals surface area contributed by atoms with Crippen molar-refractivity contribution in [1.29, 1.82) is 0 Å². The minimum atomic E-state index is -1.15. The summed E-state index contributed by atoms with van der Waals surface area (Å²) in [5.41, 5.74) is -0.294. The number of likely N-dealkylation sites (tertiary alicyclic amines) is 1. The zero-order valence-electron chi connectivity index (χ0n) is 11.5. The molecule has 1 saturated heterocycles. The first-order valence-corrected chi connectivity index (χ1v) is 6.97. The van der Waals surface area contributed by atoms with Crippen LogP contribution in [0.3, 0.4) is 0 Å². The maximum Gasteiger partial charge on any atom is 0.303 e. The number of carbonyl (C=O) groups is 2. The molecule has 1 heterocycles. The molecule has 1 N–H and O–H groups in total. The van der Waals surface area contributed by atoms with Crippen LogP contribution in [0.4, 0.5) is 8.78 Å². The highest BCUT2D eigenvalue weighted by Gasteiger charge is 2.29. The molecule has 1 aromatic rings. The Bertz CT molecular complexity index is 548. The van der Waals surface area contributed by atoms with E-state index in [-0.39, 0.29) is 18.0 Å². The first-order valence-electron chi connectivity index (χ1n) is 6.97. The summed E-state index contributed by atoms with van der Waals surface area (Å²) in [7, 11) is 0. The standard InChI is InChI=1S/C15H17F2NO3/c16-12-6-3-5-11(14(12)17)15(21)18-9-2-1-4-10(18)7-8-13(19)20/h3,5-6,10H,1-2,4,7-9H2,(H,19,20)/t10-/m0/s1. The lowest BCUT2D eigenvalue weighted by atomic mass is 9.97. The quantitative estimate of drug-likeness (QED) is 0.929. The summed E-state index contributed by atoms with van der Waals surface area (Å²) < 4.78 is 27.0. The van der Waals surface area contributed by atoms with E-state index in [4.69, 9.17) is 5.11 Å². The summed E-state index contributed by atoms with van der Waals surface area (Å²) in [5, 5.41) is 8.75. The Morgan fingerprint density at radius 1 is 1.29 bits per heavy atom. The summed E-state index contributed by atoms with van der Waals surface area (Å²) in [6, 6.07) is 3.28. The maximum absolute atomic E-state index is 13.7. The van der Waals surface area contributed by atoms with Crippen molar-refractivity contribution in [3.63, 3.8) is 0 Å². The zero-order chi connectivity index (χ0) is 15.4. The van der Waals surface area contributed by atoms with Crippen LogP contribution in [0.15, 0.2) is 18.2 Å². The number of aliphatic carboxylic acids is 1. The molecule has 1 aliphatic heterocycles. The molecule has 1 aromatic carbocycles. The van der Waals surface area contributed by atoms with E-state index in [9.17, 15) is 18.4 Å². The normalized spacial score (nSPS) is 18.6. The molecule has 0 aliphatic carbocycles. The largest absolute Gasteiger partial charge is 0.481 e. The molecule has 0 bridgehead atoms. The molecule has 1 amide bonds. The van der Waals surface area contributed by atoms with Gasteiger partial charge in [0.15, 0.2) is 11.6 Å².